The van der Waals surface area contributed by atoms with Crippen molar-refractivity contribution in [2.75, 3.05) is 6.54 Å². The molecule has 1 aromatic rings. The highest BCUT2D eigenvalue weighted by atomic mass is 16.3. The lowest BCUT2D eigenvalue weighted by Gasteiger charge is -2.32. The van der Waals surface area contributed by atoms with Crippen molar-refractivity contribution < 1.29 is 5.11 Å². The Labute approximate surface area is 132 Å². The van der Waals surface area contributed by atoms with Gasteiger partial charge in [-0.3, -0.25) is 4.90 Å². The Bertz CT molecular complexity index is 905. The normalized spacial score (nSPS) is 26.6. The number of dihydropyridines is 1. The maximum absolute atomic E-state index is 11.3. The number of nitrogens with one attached hydrogen (secondary N) is 1. The van der Waals surface area contributed by atoms with Gasteiger partial charge in [0.15, 0.2) is 5.84 Å². The summed E-state index contributed by atoms with van der Waals surface area (Å²) in [6, 6.07) is 7.86. The number of aliphatic imine (C=N–C) groups is 3. The average molecular weight is 303 g/mol. The van der Waals surface area contributed by atoms with E-state index >= 15 is 0 Å². The molecule has 0 fully saturated rings. The van der Waals surface area contributed by atoms with Crippen molar-refractivity contribution >= 4 is 29.4 Å². The first-order chi connectivity index (χ1) is 11.3. The number of rotatable bonds is 1. The molecule has 0 aliphatic carbocycles. The maximum Gasteiger partial charge on any atom is 0.247 e. The van der Waals surface area contributed by atoms with Crippen molar-refractivity contribution in [3.63, 3.8) is 0 Å². The number of fused-ring (bicyclic) bond motifs is 2. The number of para-hydroxylation sites is 1. The van der Waals surface area contributed by atoms with Crippen molar-refractivity contribution in [2.45, 2.75) is 5.72 Å². The van der Waals surface area contributed by atoms with Gasteiger partial charge in [0.2, 0.25) is 11.7 Å². The van der Waals surface area contributed by atoms with Gasteiger partial charge in [-0.05, 0) is 12.1 Å². The summed E-state index contributed by atoms with van der Waals surface area (Å²) in [5.74, 6) is 0.923. The molecule has 4 aliphatic heterocycles. The average Bonchev–Trinajstić information content (AvgIpc) is 2.91. The molecular formula is C17H13N5O. The third-order valence-corrected chi connectivity index (χ3v) is 4.25. The Hall–Kier alpha value is -2.99. The molecule has 112 valence electrons. The van der Waals surface area contributed by atoms with E-state index in [1.165, 1.54) is 0 Å². The first-order valence-corrected chi connectivity index (χ1v) is 7.43. The third kappa shape index (κ3) is 1.58. The quantitative estimate of drug-likeness (QED) is 0.827. The van der Waals surface area contributed by atoms with Gasteiger partial charge in [-0.15, -0.1) is 0 Å². The van der Waals surface area contributed by atoms with E-state index < -0.39 is 5.72 Å². The summed E-state index contributed by atoms with van der Waals surface area (Å²) in [4.78, 5) is 15.3. The Morgan fingerprint density at radius 2 is 2.17 bits per heavy atom. The maximum atomic E-state index is 11.3. The molecule has 0 saturated heterocycles. The molecule has 1 atom stereocenters. The first kappa shape index (κ1) is 12.5. The molecular weight excluding hydrogens is 290 g/mol. The van der Waals surface area contributed by atoms with Crippen LogP contribution < -0.4 is 5.32 Å². The van der Waals surface area contributed by atoms with Crippen LogP contribution in [0, 0.1) is 0 Å². The van der Waals surface area contributed by atoms with Crippen LogP contribution >= 0.6 is 0 Å². The monoisotopic (exact) mass is 303 g/mol. The number of aliphatic hydroxyl groups is 1. The van der Waals surface area contributed by atoms with Crippen molar-refractivity contribution in [1.29, 1.82) is 0 Å². The van der Waals surface area contributed by atoms with Gasteiger partial charge in [0.25, 0.3) is 0 Å². The lowest BCUT2D eigenvalue weighted by molar-refractivity contribution is 0.163. The van der Waals surface area contributed by atoms with E-state index in [1.807, 2.05) is 47.4 Å². The Kier molecular flexibility index (Phi) is 2.33. The third-order valence-electron chi connectivity index (χ3n) is 4.25. The van der Waals surface area contributed by atoms with Crippen LogP contribution in [0.15, 0.2) is 69.2 Å². The number of nitrogens with zero attached hydrogens (tertiary/aromatic N) is 4. The fraction of sp³-hybridized carbons (Fsp3) is 0.118. The number of hydrogen-bond acceptors (Lipinski definition) is 6. The van der Waals surface area contributed by atoms with Crippen LogP contribution in [0.2, 0.25) is 0 Å². The van der Waals surface area contributed by atoms with E-state index in [1.54, 1.807) is 12.4 Å². The van der Waals surface area contributed by atoms with Crippen LogP contribution in [0.1, 0.15) is 5.56 Å². The molecule has 0 spiro atoms. The highest BCUT2D eigenvalue weighted by Crippen LogP contribution is 2.43. The van der Waals surface area contributed by atoms with E-state index in [9.17, 15) is 5.11 Å². The number of amidine groups is 1. The van der Waals surface area contributed by atoms with E-state index in [0.717, 1.165) is 23.5 Å². The smallest absolute Gasteiger partial charge is 0.247 e. The number of allylic oxidation sites excluding steroid dienone is 1. The van der Waals surface area contributed by atoms with Gasteiger partial charge >= 0.3 is 0 Å². The zero-order valence-corrected chi connectivity index (χ0v) is 12.1. The molecule has 1 aromatic carbocycles. The molecule has 5 rings (SSSR count). The molecule has 2 N–H and O–H groups in total. The second kappa shape index (κ2) is 4.27. The number of hydrogen-bond donors (Lipinski definition) is 2. The van der Waals surface area contributed by atoms with Gasteiger partial charge in [-0.25, -0.2) is 15.0 Å². The van der Waals surface area contributed by atoms with E-state index in [0.29, 0.717) is 17.4 Å². The first-order valence-electron chi connectivity index (χ1n) is 7.43. The van der Waals surface area contributed by atoms with Gasteiger partial charge < -0.3 is 10.4 Å². The van der Waals surface area contributed by atoms with Crippen molar-refractivity contribution in [2.24, 2.45) is 15.0 Å². The van der Waals surface area contributed by atoms with Crippen molar-refractivity contribution in [3.8, 4) is 0 Å². The van der Waals surface area contributed by atoms with Gasteiger partial charge in [0, 0.05) is 30.1 Å². The molecule has 0 bridgehead atoms. The summed E-state index contributed by atoms with van der Waals surface area (Å²) in [6.45, 7) is 0.735. The van der Waals surface area contributed by atoms with E-state index in [2.05, 4.69) is 20.3 Å². The van der Waals surface area contributed by atoms with Crippen molar-refractivity contribution in [1.82, 2.24) is 10.2 Å². The van der Waals surface area contributed by atoms with Gasteiger partial charge in [0.05, 0.1) is 11.4 Å². The minimum Gasteiger partial charge on any atom is -0.387 e. The molecule has 0 radical (unpaired) electrons. The van der Waals surface area contributed by atoms with Crippen molar-refractivity contribution in [3.05, 3.63) is 59.8 Å². The molecule has 0 aromatic heterocycles. The summed E-state index contributed by atoms with van der Waals surface area (Å²) in [5, 5.41) is 14.4. The van der Waals surface area contributed by atoms with Crippen LogP contribution in [-0.4, -0.2) is 40.3 Å². The summed E-state index contributed by atoms with van der Waals surface area (Å²) in [7, 11) is 0. The largest absolute Gasteiger partial charge is 0.387 e. The highest BCUT2D eigenvalue weighted by Gasteiger charge is 2.51. The number of guanidine groups is 1. The second-order valence-corrected chi connectivity index (χ2v) is 5.61. The van der Waals surface area contributed by atoms with Crippen LogP contribution in [0.5, 0.6) is 0 Å². The predicted molar refractivity (Wildman–Crippen MR) is 89.5 cm³/mol. The summed E-state index contributed by atoms with van der Waals surface area (Å²) < 4.78 is 0. The summed E-state index contributed by atoms with van der Waals surface area (Å²) >= 11 is 0. The molecule has 0 saturated carbocycles. The molecule has 23 heavy (non-hydrogen) atoms. The van der Waals surface area contributed by atoms with E-state index in [4.69, 9.17) is 0 Å². The predicted octanol–water partition coefficient (Wildman–Crippen LogP) is 1.56. The molecule has 1 unspecified atom stereocenters. The molecule has 6 heteroatoms. The fourth-order valence-electron chi connectivity index (χ4n) is 3.17. The second-order valence-electron chi connectivity index (χ2n) is 5.61. The molecule has 4 heterocycles. The topological polar surface area (TPSA) is 72.6 Å². The zero-order valence-electron chi connectivity index (χ0n) is 12.1. The summed E-state index contributed by atoms with van der Waals surface area (Å²) in [5.41, 5.74) is 1.88. The van der Waals surface area contributed by atoms with Crippen LogP contribution in [-0.2, 0) is 0 Å². The van der Waals surface area contributed by atoms with Gasteiger partial charge in [-0.1, -0.05) is 30.4 Å². The zero-order chi connectivity index (χ0) is 15.4. The Morgan fingerprint density at radius 1 is 1.26 bits per heavy atom. The fourth-order valence-corrected chi connectivity index (χ4v) is 3.17. The van der Waals surface area contributed by atoms with Crippen LogP contribution in [0.4, 0.5) is 5.69 Å². The lowest BCUT2D eigenvalue weighted by atomic mass is 9.98. The number of benzene rings is 1. The minimum atomic E-state index is -1.53. The lowest BCUT2D eigenvalue weighted by Crippen LogP contribution is -2.45. The molecule has 4 aliphatic rings. The van der Waals surface area contributed by atoms with Crippen LogP contribution in [0.3, 0.4) is 0 Å². The molecule has 6 nitrogen and oxygen atoms in total. The standard InChI is InChI=1S/C17H13N5O/c23-17(11-4-3-8-18-10-11)15-20-13-6-2-1-5-12(13)14-7-9-19-16(21-17)22(14)15/h1-7,9-10,18,23H,8H2. The minimum absolute atomic E-state index is 0.457. The van der Waals surface area contributed by atoms with Gasteiger partial charge in [-0.2, -0.15) is 0 Å². The Balaban J connectivity index is 1.77. The molecule has 0 amide bonds. The highest BCUT2D eigenvalue weighted by molar-refractivity contribution is 6.23. The SMILES string of the molecule is OC1(C2=CNCC=C2)N=C2N=CC=C3c4ccccc4N=C1N32. The Morgan fingerprint density at radius 3 is 3.04 bits per heavy atom. The van der Waals surface area contributed by atoms with Crippen LogP contribution in [0.25, 0.3) is 5.70 Å². The summed E-state index contributed by atoms with van der Waals surface area (Å²) in [6.07, 6.45) is 9.22. The van der Waals surface area contributed by atoms with Gasteiger partial charge in [0.1, 0.15) is 0 Å². The van der Waals surface area contributed by atoms with E-state index in [-0.39, 0.29) is 0 Å².